The Balaban J connectivity index is 1.92. The van der Waals surface area contributed by atoms with Crippen LogP contribution in [0.2, 0.25) is 0 Å². The minimum absolute atomic E-state index is 0.0537. The van der Waals surface area contributed by atoms with Gasteiger partial charge in [0.25, 0.3) is 0 Å². The molecule has 1 aliphatic rings. The third-order valence-corrected chi connectivity index (χ3v) is 4.94. The van der Waals surface area contributed by atoms with E-state index in [9.17, 15) is 4.79 Å². The van der Waals surface area contributed by atoms with Crippen LogP contribution in [0.5, 0.6) is 0 Å². The highest BCUT2D eigenvalue weighted by atomic mass is 32.2. The summed E-state index contributed by atoms with van der Waals surface area (Å²) in [6.45, 7) is 2.29. The van der Waals surface area contributed by atoms with Crippen LogP contribution in [0.4, 0.5) is 5.69 Å². The lowest BCUT2D eigenvalue weighted by Crippen LogP contribution is -2.32. The Morgan fingerprint density at radius 2 is 2.11 bits per heavy atom. The number of amides is 1. The molecule has 4 heteroatoms. The second-order valence-electron chi connectivity index (χ2n) is 5.02. The Kier molecular flexibility index (Phi) is 5.14. The summed E-state index contributed by atoms with van der Waals surface area (Å²) in [6.07, 6.45) is 2.99. The zero-order valence-corrected chi connectivity index (χ0v) is 12.4. The fourth-order valence-corrected chi connectivity index (χ4v) is 3.46. The average Bonchev–Trinajstić information content (AvgIpc) is 2.43. The molecule has 1 aromatic rings. The summed E-state index contributed by atoms with van der Waals surface area (Å²) in [5.74, 6) is 1.34. The van der Waals surface area contributed by atoms with Gasteiger partial charge in [-0.05, 0) is 36.3 Å². The molecule has 1 heterocycles. The first kappa shape index (κ1) is 14.3. The molecule has 2 N–H and O–H groups in total. The Hall–Kier alpha value is -1.16. The van der Waals surface area contributed by atoms with Gasteiger partial charge >= 0.3 is 0 Å². The molecule has 104 valence electrons. The van der Waals surface area contributed by atoms with Gasteiger partial charge in [-0.1, -0.05) is 19.1 Å². The molecule has 0 aliphatic carbocycles. The topological polar surface area (TPSA) is 41.1 Å². The largest absolute Gasteiger partial charge is 0.381 e. The number of anilines is 1. The van der Waals surface area contributed by atoms with E-state index >= 15 is 0 Å². The Morgan fingerprint density at radius 1 is 1.37 bits per heavy atom. The van der Waals surface area contributed by atoms with E-state index in [4.69, 9.17) is 0 Å². The van der Waals surface area contributed by atoms with Crippen molar-refractivity contribution in [1.82, 2.24) is 5.32 Å². The van der Waals surface area contributed by atoms with Crippen molar-refractivity contribution in [2.75, 3.05) is 18.1 Å². The molecule has 0 radical (unpaired) electrons. The van der Waals surface area contributed by atoms with Gasteiger partial charge in [0.15, 0.2) is 0 Å². The number of hydrogen-bond acceptors (Lipinski definition) is 3. The van der Waals surface area contributed by atoms with Crippen LogP contribution in [0.15, 0.2) is 24.3 Å². The Morgan fingerprint density at radius 3 is 2.74 bits per heavy atom. The molecular weight excluding hydrogens is 256 g/mol. The monoisotopic (exact) mass is 278 g/mol. The van der Waals surface area contributed by atoms with Gasteiger partial charge in [0.05, 0.1) is 6.42 Å². The molecular formula is C15H22N2OS. The zero-order chi connectivity index (χ0) is 13.7. The minimum Gasteiger partial charge on any atom is -0.381 e. The third-order valence-electron chi connectivity index (χ3n) is 3.56. The summed E-state index contributed by atoms with van der Waals surface area (Å²) in [5.41, 5.74) is 2.20. The van der Waals surface area contributed by atoms with E-state index in [1.165, 1.54) is 18.6 Å². The van der Waals surface area contributed by atoms with Crippen LogP contribution in [0.25, 0.3) is 0 Å². The van der Waals surface area contributed by atoms with Crippen molar-refractivity contribution in [3.05, 3.63) is 29.8 Å². The second-order valence-corrected chi connectivity index (χ2v) is 6.50. The third kappa shape index (κ3) is 4.16. The van der Waals surface area contributed by atoms with Gasteiger partial charge in [0.1, 0.15) is 0 Å². The number of carbonyl (C=O) groups excluding carboxylic acids is 1. The number of hydrogen-bond donors (Lipinski definition) is 2. The number of rotatable bonds is 4. The predicted octanol–water partition coefficient (Wildman–Crippen LogP) is 2.67. The molecule has 0 bridgehead atoms. The van der Waals surface area contributed by atoms with Crippen molar-refractivity contribution in [3.63, 3.8) is 0 Å². The zero-order valence-electron chi connectivity index (χ0n) is 11.6. The fraction of sp³-hybridized carbons (Fsp3) is 0.533. The first-order valence-electron chi connectivity index (χ1n) is 6.86. The average molecular weight is 278 g/mol. The van der Waals surface area contributed by atoms with Crippen molar-refractivity contribution >= 4 is 23.4 Å². The predicted molar refractivity (Wildman–Crippen MR) is 82.8 cm³/mol. The maximum atomic E-state index is 11.3. The van der Waals surface area contributed by atoms with E-state index in [0.29, 0.717) is 17.7 Å². The van der Waals surface area contributed by atoms with Crippen LogP contribution in [-0.2, 0) is 11.2 Å². The van der Waals surface area contributed by atoms with Crippen LogP contribution in [0, 0.1) is 0 Å². The molecule has 2 unspecified atom stereocenters. The number of carbonyl (C=O) groups is 1. The summed E-state index contributed by atoms with van der Waals surface area (Å²) in [7, 11) is 1.67. The number of nitrogens with one attached hydrogen (secondary N) is 2. The van der Waals surface area contributed by atoms with Crippen LogP contribution in [0.3, 0.4) is 0 Å². The normalized spacial score (nSPS) is 22.8. The summed E-state index contributed by atoms with van der Waals surface area (Å²) in [6, 6.07) is 8.76. The Bertz CT molecular complexity index is 419. The number of likely N-dealkylation sites (N-methyl/N-ethyl adjacent to an activating group) is 1. The van der Waals surface area contributed by atoms with E-state index in [2.05, 4.69) is 29.7 Å². The summed E-state index contributed by atoms with van der Waals surface area (Å²) in [5, 5.41) is 6.91. The maximum absolute atomic E-state index is 11.3. The van der Waals surface area contributed by atoms with Crippen LogP contribution in [-0.4, -0.2) is 30.0 Å². The lowest BCUT2D eigenvalue weighted by atomic mass is 10.1. The maximum Gasteiger partial charge on any atom is 0.224 e. The van der Waals surface area contributed by atoms with Crippen LogP contribution in [0.1, 0.15) is 25.3 Å². The molecule has 3 nitrogen and oxygen atoms in total. The van der Waals surface area contributed by atoms with Gasteiger partial charge < -0.3 is 10.6 Å². The highest BCUT2D eigenvalue weighted by Crippen LogP contribution is 2.27. The van der Waals surface area contributed by atoms with Gasteiger partial charge in [-0.15, -0.1) is 0 Å². The molecule has 1 amide bonds. The van der Waals surface area contributed by atoms with Gasteiger partial charge in [-0.3, -0.25) is 4.79 Å². The molecule has 0 saturated carbocycles. The minimum atomic E-state index is 0.0537. The van der Waals surface area contributed by atoms with E-state index in [0.717, 1.165) is 11.3 Å². The molecule has 0 aromatic heterocycles. The molecule has 0 spiro atoms. The molecule has 1 saturated heterocycles. The lowest BCUT2D eigenvalue weighted by molar-refractivity contribution is -0.119. The van der Waals surface area contributed by atoms with Gasteiger partial charge in [-0.25, -0.2) is 0 Å². The molecule has 2 rings (SSSR count). The second kappa shape index (κ2) is 6.85. The summed E-state index contributed by atoms with van der Waals surface area (Å²) >= 11 is 2.04. The van der Waals surface area contributed by atoms with E-state index in [1.807, 2.05) is 23.9 Å². The van der Waals surface area contributed by atoms with Crippen molar-refractivity contribution in [2.24, 2.45) is 0 Å². The molecule has 1 aromatic carbocycles. The van der Waals surface area contributed by atoms with E-state index < -0.39 is 0 Å². The highest BCUT2D eigenvalue weighted by Gasteiger charge is 2.21. The van der Waals surface area contributed by atoms with Gasteiger partial charge in [-0.2, -0.15) is 11.8 Å². The first-order valence-corrected chi connectivity index (χ1v) is 7.91. The van der Waals surface area contributed by atoms with Crippen LogP contribution < -0.4 is 10.6 Å². The fourth-order valence-electron chi connectivity index (χ4n) is 2.32. The van der Waals surface area contributed by atoms with E-state index in [-0.39, 0.29) is 5.91 Å². The standard InChI is InChI=1S/C15H22N2OS/c1-11-14(4-3-9-19-11)17-13-7-5-12(6-8-13)10-15(18)16-2/h5-8,11,14,17H,3-4,9-10H2,1-2H3,(H,16,18). The Labute approximate surface area is 119 Å². The van der Waals surface area contributed by atoms with Crippen LogP contribution >= 0.6 is 11.8 Å². The van der Waals surface area contributed by atoms with E-state index in [1.54, 1.807) is 7.05 Å². The first-order chi connectivity index (χ1) is 9.19. The lowest BCUT2D eigenvalue weighted by Gasteiger charge is -2.30. The van der Waals surface area contributed by atoms with Gasteiger partial charge in [0.2, 0.25) is 5.91 Å². The van der Waals surface area contributed by atoms with Gasteiger partial charge in [0, 0.05) is 24.0 Å². The molecule has 1 fully saturated rings. The smallest absolute Gasteiger partial charge is 0.224 e. The number of thioether (sulfide) groups is 1. The van der Waals surface area contributed by atoms with Crippen molar-refractivity contribution in [3.8, 4) is 0 Å². The molecule has 2 atom stereocenters. The molecule has 1 aliphatic heterocycles. The summed E-state index contributed by atoms with van der Waals surface area (Å²) < 4.78 is 0. The number of benzene rings is 1. The molecule has 19 heavy (non-hydrogen) atoms. The highest BCUT2D eigenvalue weighted by molar-refractivity contribution is 8.00. The quantitative estimate of drug-likeness (QED) is 0.889. The van der Waals surface area contributed by atoms with Crippen molar-refractivity contribution in [1.29, 1.82) is 0 Å². The summed E-state index contributed by atoms with van der Waals surface area (Å²) in [4.78, 5) is 11.3. The SMILES string of the molecule is CNC(=O)Cc1ccc(NC2CCCSC2C)cc1. The van der Waals surface area contributed by atoms with Crippen molar-refractivity contribution in [2.45, 2.75) is 37.5 Å². The van der Waals surface area contributed by atoms with Crippen molar-refractivity contribution < 1.29 is 4.79 Å².